The number of pyridine rings is 2. The second-order valence-corrected chi connectivity index (χ2v) is 6.63. The molecule has 4 rings (SSSR count). The van der Waals surface area contributed by atoms with Crippen LogP contribution < -0.4 is 15.4 Å². The first kappa shape index (κ1) is 17.7. The molecular formula is C19H22N4O4. The summed E-state index contributed by atoms with van der Waals surface area (Å²) in [5.74, 6) is 0.723. The zero-order chi connectivity index (χ0) is 18.6. The molecule has 2 fully saturated rings. The number of nitrogens with one attached hydrogen (secondary N) is 2. The number of hydrogen-bond donors (Lipinski definition) is 2. The van der Waals surface area contributed by atoms with Crippen LogP contribution in [0.5, 0.6) is 5.75 Å². The first-order valence-electron chi connectivity index (χ1n) is 8.95. The lowest BCUT2D eigenvalue weighted by molar-refractivity contribution is 0.0299. The molecular weight excluding hydrogens is 348 g/mol. The van der Waals surface area contributed by atoms with Crippen molar-refractivity contribution in [3.8, 4) is 5.75 Å². The van der Waals surface area contributed by atoms with Gasteiger partial charge in [-0.25, -0.2) is 4.79 Å². The van der Waals surface area contributed by atoms with E-state index in [1.807, 2.05) is 31.2 Å². The fourth-order valence-electron chi connectivity index (χ4n) is 3.35. The molecule has 0 radical (unpaired) electrons. The number of aryl methyl sites for hydroxylation is 1. The second-order valence-electron chi connectivity index (χ2n) is 6.63. The highest BCUT2D eigenvalue weighted by Crippen LogP contribution is 2.30. The van der Waals surface area contributed by atoms with Gasteiger partial charge in [-0.15, -0.1) is 0 Å². The van der Waals surface area contributed by atoms with Crippen molar-refractivity contribution in [1.82, 2.24) is 20.6 Å². The van der Waals surface area contributed by atoms with Crippen molar-refractivity contribution in [3.63, 3.8) is 0 Å². The first-order chi connectivity index (χ1) is 13.2. The lowest BCUT2D eigenvalue weighted by atomic mass is 10.1. The van der Waals surface area contributed by atoms with Crippen LogP contribution in [0.25, 0.3) is 0 Å². The van der Waals surface area contributed by atoms with Gasteiger partial charge < -0.3 is 24.8 Å². The number of nitrogens with zero attached hydrogens (tertiary/aromatic N) is 2. The zero-order valence-corrected chi connectivity index (χ0v) is 15.0. The minimum absolute atomic E-state index is 0.215. The van der Waals surface area contributed by atoms with E-state index in [1.54, 1.807) is 18.6 Å². The summed E-state index contributed by atoms with van der Waals surface area (Å²) in [6.07, 6.45) is 4.49. The molecule has 27 heavy (non-hydrogen) atoms. The molecule has 2 aromatic rings. The Kier molecular flexibility index (Phi) is 5.17. The molecule has 0 aromatic carbocycles. The van der Waals surface area contributed by atoms with Crippen LogP contribution in [0.3, 0.4) is 0 Å². The Balaban J connectivity index is 1.29. The number of rotatable bonds is 5. The van der Waals surface area contributed by atoms with E-state index in [1.165, 1.54) is 0 Å². The van der Waals surface area contributed by atoms with Gasteiger partial charge in [0.1, 0.15) is 18.0 Å². The molecule has 4 atom stereocenters. The number of ether oxygens (including phenoxy) is 3. The maximum atomic E-state index is 12.2. The summed E-state index contributed by atoms with van der Waals surface area (Å²) in [5, 5.41) is 5.75. The topological polar surface area (TPSA) is 94.6 Å². The standard InChI is InChI=1S/C19H22N4O4/c1-12-15(5-3-7-21-12)27-16-11-26-17-14(10-25-18(16)17)23-19(24)22-9-13-4-2-6-20-8-13/h2-8,14,16-18H,9-11H2,1H3,(H2,22,23,24)/t14-,16-,17+,18+/m0/s1. The van der Waals surface area contributed by atoms with Crippen molar-refractivity contribution < 1.29 is 19.0 Å². The van der Waals surface area contributed by atoms with Crippen LogP contribution in [0.4, 0.5) is 4.79 Å². The summed E-state index contributed by atoms with van der Waals surface area (Å²) in [7, 11) is 0. The molecule has 0 aliphatic carbocycles. The molecule has 2 aliphatic rings. The quantitative estimate of drug-likeness (QED) is 0.821. The van der Waals surface area contributed by atoms with Crippen LogP contribution in [0.2, 0.25) is 0 Å². The third-order valence-corrected chi connectivity index (χ3v) is 4.74. The number of carbonyl (C=O) groups is 1. The average molecular weight is 370 g/mol. The van der Waals surface area contributed by atoms with Crippen molar-refractivity contribution in [2.75, 3.05) is 13.2 Å². The average Bonchev–Trinajstić information content (AvgIpc) is 3.26. The molecule has 2 saturated heterocycles. The highest BCUT2D eigenvalue weighted by Gasteiger charge is 2.49. The van der Waals surface area contributed by atoms with Crippen molar-refractivity contribution in [2.24, 2.45) is 0 Å². The molecule has 142 valence electrons. The Morgan fingerprint density at radius 2 is 2.07 bits per heavy atom. The van der Waals surface area contributed by atoms with Gasteiger partial charge in [-0.3, -0.25) is 9.97 Å². The fraction of sp³-hybridized carbons (Fsp3) is 0.421. The molecule has 8 heteroatoms. The van der Waals surface area contributed by atoms with Gasteiger partial charge in [0.25, 0.3) is 0 Å². The number of fused-ring (bicyclic) bond motifs is 1. The smallest absolute Gasteiger partial charge is 0.315 e. The van der Waals surface area contributed by atoms with E-state index in [0.29, 0.717) is 19.8 Å². The summed E-state index contributed by atoms with van der Waals surface area (Å²) in [6, 6.07) is 6.98. The Hall–Kier alpha value is -2.71. The van der Waals surface area contributed by atoms with Gasteiger partial charge in [0, 0.05) is 25.1 Å². The minimum atomic E-state index is -0.260. The second kappa shape index (κ2) is 7.89. The highest BCUT2D eigenvalue weighted by atomic mass is 16.6. The van der Waals surface area contributed by atoms with E-state index in [9.17, 15) is 4.79 Å². The molecule has 0 saturated carbocycles. The number of carbonyl (C=O) groups excluding carboxylic acids is 1. The maximum absolute atomic E-state index is 12.2. The lowest BCUT2D eigenvalue weighted by Crippen LogP contribution is -2.48. The van der Waals surface area contributed by atoms with Crippen molar-refractivity contribution in [2.45, 2.75) is 37.8 Å². The molecule has 2 aliphatic heterocycles. The number of urea groups is 1. The van der Waals surface area contributed by atoms with Gasteiger partial charge in [0.15, 0.2) is 6.10 Å². The third kappa shape index (κ3) is 4.01. The van der Waals surface area contributed by atoms with Crippen LogP contribution in [0.15, 0.2) is 42.9 Å². The molecule has 0 unspecified atom stereocenters. The summed E-state index contributed by atoms with van der Waals surface area (Å²) in [5.41, 5.74) is 1.76. The molecule has 0 spiro atoms. The largest absolute Gasteiger partial charge is 0.483 e. The monoisotopic (exact) mass is 370 g/mol. The van der Waals surface area contributed by atoms with E-state index < -0.39 is 0 Å². The van der Waals surface area contributed by atoms with Crippen LogP contribution in [0, 0.1) is 6.92 Å². The molecule has 2 aromatic heterocycles. The van der Waals surface area contributed by atoms with E-state index >= 15 is 0 Å². The molecule has 4 heterocycles. The van der Waals surface area contributed by atoms with Gasteiger partial charge in [0.2, 0.25) is 0 Å². The number of aromatic nitrogens is 2. The number of amides is 2. The van der Waals surface area contributed by atoms with Crippen LogP contribution in [0.1, 0.15) is 11.3 Å². The lowest BCUT2D eigenvalue weighted by Gasteiger charge is -2.19. The maximum Gasteiger partial charge on any atom is 0.315 e. The summed E-state index contributed by atoms with van der Waals surface area (Å²) >= 11 is 0. The van der Waals surface area contributed by atoms with Gasteiger partial charge in [0.05, 0.1) is 24.9 Å². The van der Waals surface area contributed by atoms with Gasteiger partial charge in [-0.2, -0.15) is 0 Å². The summed E-state index contributed by atoms with van der Waals surface area (Å²) < 4.78 is 17.7. The predicted molar refractivity (Wildman–Crippen MR) is 96.3 cm³/mol. The molecule has 8 nitrogen and oxygen atoms in total. The summed E-state index contributed by atoms with van der Waals surface area (Å²) in [4.78, 5) is 20.4. The Labute approximate surface area is 157 Å². The van der Waals surface area contributed by atoms with Crippen LogP contribution in [-0.4, -0.2) is 53.6 Å². The number of hydrogen-bond acceptors (Lipinski definition) is 6. The molecule has 2 amide bonds. The first-order valence-corrected chi connectivity index (χ1v) is 8.95. The highest BCUT2D eigenvalue weighted by molar-refractivity contribution is 5.74. The summed E-state index contributed by atoms with van der Waals surface area (Å²) in [6.45, 7) is 3.12. The van der Waals surface area contributed by atoms with Gasteiger partial charge in [-0.1, -0.05) is 6.07 Å². The Morgan fingerprint density at radius 3 is 2.89 bits per heavy atom. The minimum Gasteiger partial charge on any atom is -0.483 e. The van der Waals surface area contributed by atoms with Crippen LogP contribution in [-0.2, 0) is 16.0 Å². The zero-order valence-electron chi connectivity index (χ0n) is 15.0. The molecule has 2 N–H and O–H groups in total. The van der Waals surface area contributed by atoms with Gasteiger partial charge >= 0.3 is 6.03 Å². The van der Waals surface area contributed by atoms with Gasteiger partial charge in [-0.05, 0) is 30.7 Å². The van der Waals surface area contributed by atoms with Crippen molar-refractivity contribution in [3.05, 3.63) is 54.1 Å². The Bertz CT molecular complexity index is 788. The molecule has 0 bridgehead atoms. The van der Waals surface area contributed by atoms with E-state index in [0.717, 1.165) is 17.0 Å². The predicted octanol–water partition coefficient (Wildman–Crippen LogP) is 1.20. The third-order valence-electron chi connectivity index (χ3n) is 4.74. The van der Waals surface area contributed by atoms with Crippen molar-refractivity contribution >= 4 is 6.03 Å². The SMILES string of the molecule is Cc1ncccc1O[C@H]1CO[C@H]2[C@@H]1OC[C@@H]2NC(=O)NCc1cccnc1. The van der Waals surface area contributed by atoms with E-state index in [4.69, 9.17) is 14.2 Å². The van der Waals surface area contributed by atoms with Crippen LogP contribution >= 0.6 is 0 Å². The normalized spacial score (nSPS) is 26.4. The van der Waals surface area contributed by atoms with E-state index in [-0.39, 0.29) is 30.4 Å². The fourth-order valence-corrected chi connectivity index (χ4v) is 3.35. The van der Waals surface area contributed by atoms with Crippen molar-refractivity contribution in [1.29, 1.82) is 0 Å². The Morgan fingerprint density at radius 1 is 1.22 bits per heavy atom. The van der Waals surface area contributed by atoms with E-state index in [2.05, 4.69) is 20.6 Å².